The molecule has 0 radical (unpaired) electrons. The lowest BCUT2D eigenvalue weighted by Crippen LogP contribution is -2.37. The van der Waals surface area contributed by atoms with E-state index in [1.54, 1.807) is 17.2 Å². The molecule has 2 aliphatic rings. The van der Waals surface area contributed by atoms with E-state index in [-0.39, 0.29) is 17.9 Å². The van der Waals surface area contributed by atoms with E-state index in [1.165, 1.54) is 4.90 Å². The number of nitrogens with zero attached hydrogens (tertiary/aromatic N) is 2. The molecule has 3 aromatic rings. The molecule has 2 heterocycles. The molecule has 0 saturated carbocycles. The Morgan fingerprint density at radius 1 is 0.724 bits per heavy atom. The minimum Gasteiger partial charge on any atom is -0.273 e. The van der Waals surface area contributed by atoms with Gasteiger partial charge in [0.05, 0.1) is 17.4 Å². The Morgan fingerprint density at radius 3 is 1.97 bits per heavy atom. The minimum absolute atomic E-state index is 0.224. The molecule has 0 bridgehead atoms. The van der Waals surface area contributed by atoms with E-state index in [0.717, 1.165) is 16.8 Å². The van der Waals surface area contributed by atoms with Crippen LogP contribution in [0.25, 0.3) is 0 Å². The van der Waals surface area contributed by atoms with Gasteiger partial charge in [0.1, 0.15) is 5.92 Å². The third-order valence-electron chi connectivity index (χ3n) is 5.65. The molecule has 5 heteroatoms. The molecular formula is C24H20N2O3. The second-order valence-corrected chi connectivity index (χ2v) is 7.36. The zero-order valence-electron chi connectivity index (χ0n) is 15.9. The van der Waals surface area contributed by atoms with Crippen LogP contribution in [-0.2, 0) is 14.4 Å². The molecule has 0 aromatic heterocycles. The predicted octanol–water partition coefficient (Wildman–Crippen LogP) is 4.05. The lowest BCUT2D eigenvalue weighted by Gasteiger charge is -2.29. The van der Waals surface area contributed by atoms with Crippen LogP contribution in [0.5, 0.6) is 0 Å². The fourth-order valence-corrected chi connectivity index (χ4v) is 4.28. The third-order valence-corrected chi connectivity index (χ3v) is 5.65. The van der Waals surface area contributed by atoms with Gasteiger partial charge in [-0.1, -0.05) is 60.7 Å². The number of benzene rings is 3. The first-order valence-corrected chi connectivity index (χ1v) is 9.66. The summed E-state index contributed by atoms with van der Waals surface area (Å²) < 4.78 is 0. The Morgan fingerprint density at radius 2 is 1.31 bits per heavy atom. The van der Waals surface area contributed by atoms with Crippen molar-refractivity contribution in [3.63, 3.8) is 0 Å². The average molecular weight is 384 g/mol. The summed E-state index contributed by atoms with van der Waals surface area (Å²) >= 11 is 0. The number of hydrogen-bond donors (Lipinski definition) is 0. The van der Waals surface area contributed by atoms with Crippen LogP contribution < -0.4 is 9.96 Å². The van der Waals surface area contributed by atoms with Crippen molar-refractivity contribution in [3.05, 3.63) is 96.1 Å². The van der Waals surface area contributed by atoms with Crippen molar-refractivity contribution in [2.75, 3.05) is 9.96 Å². The van der Waals surface area contributed by atoms with Crippen LogP contribution in [-0.4, -0.2) is 17.9 Å². The van der Waals surface area contributed by atoms with E-state index in [1.807, 2.05) is 79.7 Å². The first-order valence-electron chi connectivity index (χ1n) is 9.66. The van der Waals surface area contributed by atoms with Crippen molar-refractivity contribution in [2.24, 2.45) is 5.92 Å². The number of para-hydroxylation sites is 2. The van der Waals surface area contributed by atoms with Crippen LogP contribution in [0.3, 0.4) is 0 Å². The highest BCUT2D eigenvalue weighted by Crippen LogP contribution is 2.48. The molecule has 0 N–H and O–H groups in total. The maximum Gasteiger partial charge on any atom is 0.266 e. The second kappa shape index (κ2) is 6.87. The molecular weight excluding hydrogens is 364 g/mol. The summed E-state index contributed by atoms with van der Waals surface area (Å²) in [5.74, 6) is -1.15. The Labute approximate surface area is 169 Å². The molecule has 5 nitrogen and oxygen atoms in total. The Kier molecular flexibility index (Phi) is 4.18. The minimum atomic E-state index is -0.840. The summed E-state index contributed by atoms with van der Waals surface area (Å²) in [4.78, 5) is 34.1. The van der Waals surface area contributed by atoms with E-state index in [2.05, 4.69) is 0 Å². The van der Waals surface area contributed by atoms with E-state index in [0.29, 0.717) is 5.69 Å². The van der Waals surface area contributed by atoms with Gasteiger partial charge >= 0.3 is 0 Å². The smallest absolute Gasteiger partial charge is 0.266 e. The fraction of sp³-hybridized carbons (Fsp3) is 0.167. The van der Waals surface area contributed by atoms with E-state index < -0.39 is 12.0 Å². The molecule has 2 amide bonds. The van der Waals surface area contributed by atoms with Crippen molar-refractivity contribution in [3.8, 4) is 0 Å². The molecule has 0 unspecified atom stereocenters. The standard InChI is InChI=1S/C24H20N2O3/c1-16-10-8-9-15-19(16)21-20-22(29-26(21)18-13-6-3-7-14-18)24(28)25(23(20)27)17-11-4-2-5-12-17/h2-15,20-22H,1H3/t20-,21-,22-/m1/s1. The Hall–Kier alpha value is -3.44. The van der Waals surface area contributed by atoms with Crippen LogP contribution in [0.1, 0.15) is 17.2 Å². The first kappa shape index (κ1) is 17.6. The van der Waals surface area contributed by atoms with Crippen LogP contribution in [0.4, 0.5) is 11.4 Å². The molecule has 29 heavy (non-hydrogen) atoms. The topological polar surface area (TPSA) is 49.9 Å². The number of amides is 2. The quantitative estimate of drug-likeness (QED) is 0.640. The summed E-state index contributed by atoms with van der Waals surface area (Å²) in [7, 11) is 0. The largest absolute Gasteiger partial charge is 0.273 e. The summed E-state index contributed by atoms with van der Waals surface area (Å²) in [5, 5.41) is 1.73. The normalized spacial score (nSPS) is 23.6. The van der Waals surface area contributed by atoms with E-state index in [9.17, 15) is 9.59 Å². The number of hydrogen-bond acceptors (Lipinski definition) is 4. The third kappa shape index (κ3) is 2.74. The maximum atomic E-state index is 13.5. The van der Waals surface area contributed by atoms with Gasteiger partial charge in [0.15, 0.2) is 6.10 Å². The van der Waals surface area contributed by atoms with Crippen LogP contribution in [0.15, 0.2) is 84.9 Å². The van der Waals surface area contributed by atoms with Gasteiger partial charge < -0.3 is 0 Å². The zero-order valence-corrected chi connectivity index (χ0v) is 15.9. The van der Waals surface area contributed by atoms with Crippen molar-refractivity contribution in [2.45, 2.75) is 19.1 Å². The number of imide groups is 1. The summed E-state index contributed by atoms with van der Waals surface area (Å²) in [6.07, 6.45) is -0.840. The molecule has 2 fully saturated rings. The van der Waals surface area contributed by atoms with Crippen molar-refractivity contribution < 1.29 is 14.4 Å². The molecule has 144 valence electrons. The highest BCUT2D eigenvalue weighted by Gasteiger charge is 2.60. The number of carbonyl (C=O) groups excluding carboxylic acids is 2. The SMILES string of the molecule is Cc1ccccc1[C@@H]1[C@H]2C(=O)N(c3ccccc3)C(=O)[C@@H]2ON1c1ccccc1. The predicted molar refractivity (Wildman–Crippen MR) is 110 cm³/mol. The van der Waals surface area contributed by atoms with Gasteiger partial charge in [0, 0.05) is 0 Å². The molecule has 2 aliphatic heterocycles. The monoisotopic (exact) mass is 384 g/mol. The van der Waals surface area contributed by atoms with Gasteiger partial charge in [-0.05, 0) is 42.3 Å². The second-order valence-electron chi connectivity index (χ2n) is 7.36. The molecule has 0 aliphatic carbocycles. The highest BCUT2D eigenvalue weighted by molar-refractivity contribution is 6.23. The number of anilines is 2. The van der Waals surface area contributed by atoms with Gasteiger partial charge in [-0.15, -0.1) is 0 Å². The highest BCUT2D eigenvalue weighted by atomic mass is 16.7. The molecule has 3 aromatic carbocycles. The summed E-state index contributed by atoms with van der Waals surface area (Å²) in [6.45, 7) is 2.02. The molecule has 3 atom stereocenters. The Bertz CT molecular complexity index is 1070. The number of hydroxylamine groups is 1. The van der Waals surface area contributed by atoms with Crippen LogP contribution in [0, 0.1) is 12.8 Å². The maximum absolute atomic E-state index is 13.5. The number of aryl methyl sites for hydroxylation is 1. The van der Waals surface area contributed by atoms with Gasteiger partial charge in [0.25, 0.3) is 5.91 Å². The average Bonchev–Trinajstić information content (AvgIpc) is 3.26. The molecule has 2 saturated heterocycles. The first-order chi connectivity index (χ1) is 14.2. The van der Waals surface area contributed by atoms with Crippen LogP contribution in [0.2, 0.25) is 0 Å². The lowest BCUT2D eigenvalue weighted by molar-refractivity contribution is -0.126. The zero-order chi connectivity index (χ0) is 20.0. The van der Waals surface area contributed by atoms with Crippen molar-refractivity contribution in [1.82, 2.24) is 0 Å². The van der Waals surface area contributed by atoms with E-state index in [4.69, 9.17) is 4.84 Å². The summed E-state index contributed by atoms with van der Waals surface area (Å²) in [5.41, 5.74) is 3.44. The molecule has 0 spiro atoms. The van der Waals surface area contributed by atoms with Gasteiger partial charge in [-0.3, -0.25) is 14.4 Å². The van der Waals surface area contributed by atoms with Gasteiger partial charge in [-0.25, -0.2) is 9.96 Å². The van der Waals surface area contributed by atoms with Gasteiger partial charge in [0.2, 0.25) is 5.91 Å². The lowest BCUT2D eigenvalue weighted by atomic mass is 9.88. The number of fused-ring (bicyclic) bond motifs is 1. The van der Waals surface area contributed by atoms with Gasteiger partial charge in [-0.2, -0.15) is 0 Å². The van der Waals surface area contributed by atoms with Crippen LogP contribution >= 0.6 is 0 Å². The fourth-order valence-electron chi connectivity index (χ4n) is 4.28. The number of rotatable bonds is 3. The van der Waals surface area contributed by atoms with Crippen molar-refractivity contribution in [1.29, 1.82) is 0 Å². The van der Waals surface area contributed by atoms with E-state index >= 15 is 0 Å². The molecule has 5 rings (SSSR count). The van der Waals surface area contributed by atoms with Crippen molar-refractivity contribution >= 4 is 23.2 Å². The number of carbonyl (C=O) groups is 2. The Balaban J connectivity index is 1.62. The summed E-state index contributed by atoms with van der Waals surface area (Å²) in [6, 6.07) is 26.2.